The first-order chi connectivity index (χ1) is 14.8. The Morgan fingerprint density at radius 2 is 1.16 bits per heavy atom. The maximum absolute atomic E-state index is 11.2. The van der Waals surface area contributed by atoms with Gasteiger partial charge in [0.2, 0.25) is 0 Å². The van der Waals surface area contributed by atoms with E-state index in [2.05, 4.69) is 0 Å². The molecule has 0 aromatic rings. The number of ether oxygens (including phenoxy) is 6. The topological polar surface area (TPSA) is 154 Å². The fourth-order valence-corrected chi connectivity index (χ4v) is 6.23. The molecule has 0 spiro atoms. The standard InChI is InChI=1S/2C9H17O6P/c2*1-6-7-8(15-16(3,10)11)9(14-6,4-12-2)5-13-7/h2*6-8H,4-5H2,1-3H3,(H,10,11)/p-2/t6-,7+,8?,9-;6-,7-,8?,9-/m00/s1. The normalized spacial score (nSPS) is 45.9. The summed E-state index contributed by atoms with van der Waals surface area (Å²) in [5.74, 6) is 0. The molecule has 0 aromatic heterocycles. The fraction of sp³-hybridized carbons (Fsp3) is 1.00. The molecule has 4 unspecified atom stereocenters. The van der Waals surface area contributed by atoms with Crippen LogP contribution in [0, 0.1) is 0 Å². The zero-order chi connectivity index (χ0) is 23.9. The number of hydrogen-bond donors (Lipinski definition) is 0. The lowest BCUT2D eigenvalue weighted by atomic mass is 10.00. The largest absolute Gasteiger partial charge is 0.779 e. The average Bonchev–Trinajstić information content (AvgIpc) is 3.28. The van der Waals surface area contributed by atoms with Crippen molar-refractivity contribution in [2.45, 2.75) is 61.7 Å². The van der Waals surface area contributed by atoms with Gasteiger partial charge in [-0.2, -0.15) is 0 Å². The smallest absolute Gasteiger partial charge is 0.144 e. The van der Waals surface area contributed by atoms with E-state index in [1.54, 1.807) is 0 Å². The second-order valence-electron chi connectivity index (χ2n) is 8.79. The predicted octanol–water partition coefficient (Wildman–Crippen LogP) is -0.485. The Hall–Kier alpha value is 0.0600. The Bertz CT molecular complexity index is 692. The molecule has 4 aliphatic rings. The van der Waals surface area contributed by atoms with Crippen LogP contribution >= 0.6 is 15.2 Å². The summed E-state index contributed by atoms with van der Waals surface area (Å²) in [5.41, 5.74) is -1.57. The van der Waals surface area contributed by atoms with Gasteiger partial charge >= 0.3 is 0 Å². The summed E-state index contributed by atoms with van der Waals surface area (Å²) in [6.07, 6.45) is -2.23. The quantitative estimate of drug-likeness (QED) is 0.394. The molecule has 0 amide bonds. The Labute approximate surface area is 187 Å². The highest BCUT2D eigenvalue weighted by atomic mass is 31.2. The third-order valence-corrected chi connectivity index (χ3v) is 7.05. The molecule has 0 saturated carbocycles. The van der Waals surface area contributed by atoms with Crippen LogP contribution in [0.1, 0.15) is 13.8 Å². The minimum Gasteiger partial charge on any atom is -0.779 e. The number of fused-ring (bicyclic) bond motifs is 4. The van der Waals surface area contributed by atoms with Crippen LogP contribution in [0.3, 0.4) is 0 Å². The Morgan fingerprint density at radius 3 is 1.41 bits per heavy atom. The minimum absolute atomic E-state index is 0.180. The molecule has 4 rings (SSSR count). The highest BCUT2D eigenvalue weighted by Gasteiger charge is 2.62. The van der Waals surface area contributed by atoms with E-state index in [9.17, 15) is 18.9 Å². The van der Waals surface area contributed by atoms with Gasteiger partial charge < -0.3 is 56.4 Å². The highest BCUT2D eigenvalue weighted by molar-refractivity contribution is 7.50. The monoisotopic (exact) mass is 502 g/mol. The second-order valence-corrected chi connectivity index (χ2v) is 12.3. The molecule has 4 saturated heterocycles. The summed E-state index contributed by atoms with van der Waals surface area (Å²) < 4.78 is 65.1. The van der Waals surface area contributed by atoms with Crippen LogP contribution < -0.4 is 9.79 Å². The molecule has 4 aliphatic heterocycles. The number of methoxy groups -OCH3 is 2. The van der Waals surface area contributed by atoms with Gasteiger partial charge in [0.05, 0.1) is 38.6 Å². The van der Waals surface area contributed by atoms with Crippen molar-refractivity contribution in [3.63, 3.8) is 0 Å². The molecule has 12 nitrogen and oxygen atoms in total. The van der Waals surface area contributed by atoms with Gasteiger partial charge in [-0.05, 0) is 13.8 Å². The van der Waals surface area contributed by atoms with Crippen LogP contribution in [0.2, 0.25) is 0 Å². The molecule has 188 valence electrons. The van der Waals surface area contributed by atoms with E-state index in [0.717, 1.165) is 13.3 Å². The maximum Gasteiger partial charge on any atom is 0.144 e. The third-order valence-electron chi connectivity index (χ3n) is 5.83. The van der Waals surface area contributed by atoms with Gasteiger partial charge in [-0.25, -0.2) is 0 Å². The van der Waals surface area contributed by atoms with E-state index in [1.165, 1.54) is 14.2 Å². The van der Waals surface area contributed by atoms with Crippen LogP contribution in [-0.2, 0) is 46.6 Å². The van der Waals surface area contributed by atoms with Gasteiger partial charge in [-0.1, -0.05) is 0 Å². The molecule has 32 heavy (non-hydrogen) atoms. The maximum atomic E-state index is 11.2. The van der Waals surface area contributed by atoms with E-state index < -0.39 is 38.6 Å². The van der Waals surface area contributed by atoms with E-state index in [4.69, 9.17) is 37.5 Å². The van der Waals surface area contributed by atoms with Crippen molar-refractivity contribution < 1.29 is 56.4 Å². The van der Waals surface area contributed by atoms with Gasteiger partial charge in [0.1, 0.15) is 50.8 Å². The first kappa shape index (κ1) is 26.7. The van der Waals surface area contributed by atoms with Crippen molar-refractivity contribution in [1.82, 2.24) is 0 Å². The first-order valence-corrected chi connectivity index (χ1v) is 14.2. The first-order valence-electron chi connectivity index (χ1n) is 10.3. The summed E-state index contributed by atoms with van der Waals surface area (Å²) in [5, 5.41) is 0. The summed E-state index contributed by atoms with van der Waals surface area (Å²) in [6, 6.07) is 0. The summed E-state index contributed by atoms with van der Waals surface area (Å²) in [4.78, 5) is 22.4. The van der Waals surface area contributed by atoms with Crippen molar-refractivity contribution >= 4 is 15.2 Å². The highest BCUT2D eigenvalue weighted by Crippen LogP contribution is 2.49. The van der Waals surface area contributed by atoms with Crippen molar-refractivity contribution in [3.05, 3.63) is 0 Å². The van der Waals surface area contributed by atoms with E-state index >= 15 is 0 Å². The molecule has 14 heteroatoms. The van der Waals surface area contributed by atoms with Gasteiger partial charge in [0, 0.05) is 27.5 Å². The zero-order valence-electron chi connectivity index (χ0n) is 19.1. The van der Waals surface area contributed by atoms with Crippen molar-refractivity contribution in [2.24, 2.45) is 0 Å². The van der Waals surface area contributed by atoms with Crippen molar-refractivity contribution in [3.8, 4) is 0 Å². The lowest BCUT2D eigenvalue weighted by molar-refractivity contribution is -0.207. The molecule has 0 N–H and O–H groups in total. The Morgan fingerprint density at radius 1 is 0.812 bits per heavy atom. The van der Waals surface area contributed by atoms with Crippen LogP contribution in [0.4, 0.5) is 0 Å². The summed E-state index contributed by atoms with van der Waals surface area (Å²) >= 11 is 0. The molecule has 0 radical (unpaired) electrons. The van der Waals surface area contributed by atoms with Gasteiger partial charge in [0.15, 0.2) is 0 Å². The van der Waals surface area contributed by atoms with Gasteiger partial charge in [-0.15, -0.1) is 0 Å². The molecule has 4 bridgehead atoms. The molecule has 0 aromatic carbocycles. The fourth-order valence-electron chi connectivity index (χ4n) is 4.78. The van der Waals surface area contributed by atoms with Crippen LogP contribution in [0.25, 0.3) is 0 Å². The van der Waals surface area contributed by atoms with Crippen molar-refractivity contribution in [2.75, 3.05) is 54.0 Å². The SMILES string of the molecule is COC[C@]12CO[C@@H](C1OP(C)(=O)[O-])[C@H](C)O2.COC[C@]12CO[C@H](C1OP(C)(=O)[O-])[C@H](C)O2. The minimum atomic E-state index is -3.81. The number of hydrogen-bond acceptors (Lipinski definition) is 12. The van der Waals surface area contributed by atoms with Crippen LogP contribution in [0.15, 0.2) is 0 Å². The van der Waals surface area contributed by atoms with E-state index in [1.807, 2.05) is 13.8 Å². The molecular weight excluding hydrogens is 470 g/mol. The Kier molecular flexibility index (Phi) is 8.00. The van der Waals surface area contributed by atoms with Gasteiger partial charge in [0.25, 0.3) is 0 Å². The Balaban J connectivity index is 0.000000181. The van der Waals surface area contributed by atoms with Crippen LogP contribution in [-0.4, -0.2) is 102 Å². The van der Waals surface area contributed by atoms with Crippen LogP contribution in [0.5, 0.6) is 0 Å². The third kappa shape index (κ3) is 5.48. The van der Waals surface area contributed by atoms with E-state index in [0.29, 0.717) is 13.2 Å². The van der Waals surface area contributed by atoms with Crippen molar-refractivity contribution in [1.29, 1.82) is 0 Å². The lowest BCUT2D eigenvalue weighted by Crippen LogP contribution is -2.46. The molecular formula is C18H32O12P2-2. The second kappa shape index (κ2) is 9.60. The van der Waals surface area contributed by atoms with Gasteiger partial charge in [-0.3, -0.25) is 0 Å². The zero-order valence-corrected chi connectivity index (χ0v) is 20.9. The van der Waals surface area contributed by atoms with E-state index in [-0.39, 0.29) is 37.6 Å². The average molecular weight is 502 g/mol. The molecule has 4 fully saturated rings. The lowest BCUT2D eigenvalue weighted by Gasteiger charge is -2.31. The molecule has 10 atom stereocenters. The summed E-state index contributed by atoms with van der Waals surface area (Å²) in [7, 11) is -4.54. The molecule has 4 heterocycles. The number of rotatable bonds is 8. The summed E-state index contributed by atoms with van der Waals surface area (Å²) in [6.45, 7) is 6.91. The molecule has 0 aliphatic carbocycles. The predicted molar refractivity (Wildman–Crippen MR) is 107 cm³/mol.